The Hall–Kier alpha value is -0.770. The van der Waals surface area contributed by atoms with Crippen LogP contribution in [0.1, 0.15) is 32.3 Å². The summed E-state index contributed by atoms with van der Waals surface area (Å²) >= 11 is 6.45. The van der Waals surface area contributed by atoms with Gasteiger partial charge >= 0.3 is 0 Å². The number of likely N-dealkylation sites (tertiary alicyclic amines) is 1. The maximum Gasteiger partial charge on any atom is 0.0471 e. The van der Waals surface area contributed by atoms with Crippen molar-refractivity contribution in [1.29, 1.82) is 0 Å². The molecule has 0 radical (unpaired) electrons. The number of hydrogen-bond acceptors (Lipinski definition) is 3. The Morgan fingerprint density at radius 1 is 1.43 bits per heavy atom. The summed E-state index contributed by atoms with van der Waals surface area (Å²) < 4.78 is 0. The molecule has 1 aliphatic rings. The molecular formula is C17H28ClN3. The van der Waals surface area contributed by atoms with Crippen molar-refractivity contribution in [1.82, 2.24) is 10.2 Å². The fourth-order valence-electron chi connectivity index (χ4n) is 3.01. The quantitative estimate of drug-likeness (QED) is 0.899. The smallest absolute Gasteiger partial charge is 0.0471 e. The average molecular weight is 310 g/mol. The zero-order valence-corrected chi connectivity index (χ0v) is 14.5. The second-order valence-corrected chi connectivity index (χ2v) is 6.85. The molecule has 3 nitrogen and oxygen atoms in total. The molecule has 0 saturated carbocycles. The van der Waals surface area contributed by atoms with Gasteiger partial charge in [0, 0.05) is 48.5 Å². The maximum atomic E-state index is 6.45. The monoisotopic (exact) mass is 309 g/mol. The van der Waals surface area contributed by atoms with E-state index in [9.17, 15) is 0 Å². The van der Waals surface area contributed by atoms with Crippen LogP contribution in [0.5, 0.6) is 0 Å². The van der Waals surface area contributed by atoms with E-state index in [0.717, 1.165) is 18.1 Å². The van der Waals surface area contributed by atoms with Crippen LogP contribution in [-0.2, 0) is 6.54 Å². The molecule has 1 unspecified atom stereocenters. The van der Waals surface area contributed by atoms with Gasteiger partial charge in [-0.1, -0.05) is 31.5 Å². The molecule has 1 fully saturated rings. The topological polar surface area (TPSA) is 18.5 Å². The third kappa shape index (κ3) is 4.35. The van der Waals surface area contributed by atoms with E-state index in [2.05, 4.69) is 55.2 Å². The number of benzene rings is 1. The van der Waals surface area contributed by atoms with Crippen LogP contribution >= 0.6 is 11.6 Å². The van der Waals surface area contributed by atoms with Gasteiger partial charge < -0.3 is 15.1 Å². The number of likely N-dealkylation sites (N-methyl/N-ethyl adjacent to an activating group) is 2. The zero-order valence-electron chi connectivity index (χ0n) is 13.7. The van der Waals surface area contributed by atoms with E-state index in [0.29, 0.717) is 12.1 Å². The van der Waals surface area contributed by atoms with Crippen LogP contribution in [0.2, 0.25) is 5.02 Å². The highest BCUT2D eigenvalue weighted by atomic mass is 35.5. The van der Waals surface area contributed by atoms with Crippen LogP contribution in [0.4, 0.5) is 5.69 Å². The number of anilines is 1. The van der Waals surface area contributed by atoms with Crippen molar-refractivity contribution >= 4 is 17.3 Å². The standard InChI is InChI=1S/C17H28ClN3/c1-13(2)19-11-15-16(18)8-5-9-17(15)21(4)14-7-6-10-20(3)12-14/h5,8-9,13-14,19H,6-7,10-12H2,1-4H3. The second-order valence-electron chi connectivity index (χ2n) is 6.44. The predicted octanol–water partition coefficient (Wildman–Crippen LogP) is 3.37. The van der Waals surface area contributed by atoms with E-state index in [-0.39, 0.29) is 0 Å². The van der Waals surface area contributed by atoms with Gasteiger partial charge in [0.05, 0.1) is 0 Å². The molecule has 21 heavy (non-hydrogen) atoms. The van der Waals surface area contributed by atoms with Crippen molar-refractivity contribution < 1.29 is 0 Å². The summed E-state index contributed by atoms with van der Waals surface area (Å²) in [5.74, 6) is 0. The van der Waals surface area contributed by atoms with Gasteiger partial charge in [-0.15, -0.1) is 0 Å². The molecule has 1 saturated heterocycles. The first-order valence-corrected chi connectivity index (χ1v) is 8.29. The Morgan fingerprint density at radius 2 is 2.19 bits per heavy atom. The molecule has 1 aromatic rings. The molecule has 2 rings (SSSR count). The SMILES string of the molecule is CC(C)NCc1c(Cl)cccc1N(C)C1CCCN(C)C1. The van der Waals surface area contributed by atoms with Crippen LogP contribution in [-0.4, -0.2) is 44.2 Å². The van der Waals surface area contributed by atoms with Gasteiger partial charge in [0.2, 0.25) is 0 Å². The first-order chi connectivity index (χ1) is 9.99. The van der Waals surface area contributed by atoms with Crippen molar-refractivity contribution in [2.75, 3.05) is 32.1 Å². The highest BCUT2D eigenvalue weighted by Crippen LogP contribution is 2.30. The summed E-state index contributed by atoms with van der Waals surface area (Å²) in [5.41, 5.74) is 2.47. The molecule has 4 heteroatoms. The molecule has 1 aromatic carbocycles. The molecule has 118 valence electrons. The minimum atomic E-state index is 0.459. The number of hydrogen-bond donors (Lipinski definition) is 1. The van der Waals surface area contributed by atoms with Crippen LogP contribution < -0.4 is 10.2 Å². The maximum absolute atomic E-state index is 6.45. The van der Waals surface area contributed by atoms with Crippen LogP contribution in [0.3, 0.4) is 0 Å². The van der Waals surface area contributed by atoms with E-state index in [1.165, 1.54) is 30.6 Å². The fraction of sp³-hybridized carbons (Fsp3) is 0.647. The van der Waals surface area contributed by atoms with E-state index < -0.39 is 0 Å². The van der Waals surface area contributed by atoms with Gasteiger partial charge in [-0.05, 0) is 38.6 Å². The molecule has 0 aliphatic carbocycles. The van der Waals surface area contributed by atoms with Gasteiger partial charge in [0.25, 0.3) is 0 Å². The Balaban J connectivity index is 2.19. The van der Waals surface area contributed by atoms with Crippen molar-refractivity contribution in [2.45, 2.75) is 45.3 Å². The number of nitrogens with zero attached hydrogens (tertiary/aromatic N) is 2. The van der Waals surface area contributed by atoms with Gasteiger partial charge in [0.1, 0.15) is 0 Å². The van der Waals surface area contributed by atoms with Crippen molar-refractivity contribution in [2.24, 2.45) is 0 Å². The Kier molecular flexibility index (Phi) is 5.91. The molecule has 1 heterocycles. The van der Waals surface area contributed by atoms with E-state index in [1.807, 2.05) is 6.07 Å². The summed E-state index contributed by atoms with van der Waals surface area (Å²) in [6.45, 7) is 7.48. The van der Waals surface area contributed by atoms with Crippen molar-refractivity contribution in [3.63, 3.8) is 0 Å². The van der Waals surface area contributed by atoms with Gasteiger partial charge in [0.15, 0.2) is 0 Å². The van der Waals surface area contributed by atoms with Gasteiger partial charge in [-0.25, -0.2) is 0 Å². The minimum absolute atomic E-state index is 0.459. The lowest BCUT2D eigenvalue weighted by molar-refractivity contribution is 0.248. The first kappa shape index (κ1) is 16.6. The number of nitrogens with one attached hydrogen (secondary N) is 1. The van der Waals surface area contributed by atoms with Crippen LogP contribution in [0.25, 0.3) is 0 Å². The zero-order chi connectivity index (χ0) is 15.4. The largest absolute Gasteiger partial charge is 0.370 e. The van der Waals surface area contributed by atoms with Crippen LogP contribution in [0, 0.1) is 0 Å². The molecule has 0 aromatic heterocycles. The lowest BCUT2D eigenvalue weighted by Gasteiger charge is -2.38. The molecule has 1 N–H and O–H groups in total. The lowest BCUT2D eigenvalue weighted by Crippen LogP contribution is -2.45. The highest BCUT2D eigenvalue weighted by molar-refractivity contribution is 6.31. The summed E-state index contributed by atoms with van der Waals surface area (Å²) in [7, 11) is 4.41. The number of rotatable bonds is 5. The molecule has 0 spiro atoms. The summed E-state index contributed by atoms with van der Waals surface area (Å²) in [5, 5.41) is 4.35. The summed E-state index contributed by atoms with van der Waals surface area (Å²) in [4.78, 5) is 4.83. The third-order valence-corrected chi connectivity index (χ3v) is 4.66. The normalized spacial score (nSPS) is 20.0. The molecule has 0 amide bonds. The van der Waals surface area contributed by atoms with Gasteiger partial charge in [-0.2, -0.15) is 0 Å². The second kappa shape index (κ2) is 7.48. The number of halogens is 1. The van der Waals surface area contributed by atoms with E-state index in [1.54, 1.807) is 0 Å². The lowest BCUT2D eigenvalue weighted by atomic mass is 10.0. The fourth-order valence-corrected chi connectivity index (χ4v) is 3.25. The Labute approximate surface area is 134 Å². The van der Waals surface area contributed by atoms with E-state index >= 15 is 0 Å². The minimum Gasteiger partial charge on any atom is -0.370 e. The molecule has 0 bridgehead atoms. The highest BCUT2D eigenvalue weighted by Gasteiger charge is 2.23. The summed E-state index contributed by atoms with van der Waals surface area (Å²) in [6.07, 6.45) is 2.52. The molecular weight excluding hydrogens is 282 g/mol. The first-order valence-electron chi connectivity index (χ1n) is 7.91. The third-order valence-electron chi connectivity index (χ3n) is 4.31. The van der Waals surface area contributed by atoms with Crippen molar-refractivity contribution in [3.8, 4) is 0 Å². The average Bonchev–Trinajstić information content (AvgIpc) is 2.45. The Bertz CT molecular complexity index is 461. The van der Waals surface area contributed by atoms with Crippen LogP contribution in [0.15, 0.2) is 18.2 Å². The molecule has 1 aliphatic heterocycles. The van der Waals surface area contributed by atoms with E-state index in [4.69, 9.17) is 11.6 Å². The van der Waals surface area contributed by atoms with Crippen molar-refractivity contribution in [3.05, 3.63) is 28.8 Å². The Morgan fingerprint density at radius 3 is 2.86 bits per heavy atom. The predicted molar refractivity (Wildman–Crippen MR) is 92.3 cm³/mol. The molecule has 1 atom stereocenters. The summed E-state index contributed by atoms with van der Waals surface area (Å²) in [6, 6.07) is 7.26. The van der Waals surface area contributed by atoms with Gasteiger partial charge in [-0.3, -0.25) is 0 Å². The number of piperidine rings is 1.